The van der Waals surface area contributed by atoms with Crippen LogP contribution in [0.2, 0.25) is 0 Å². The van der Waals surface area contributed by atoms with Gasteiger partial charge in [0.15, 0.2) is 0 Å². The summed E-state index contributed by atoms with van der Waals surface area (Å²) in [6.45, 7) is 2.34. The molecule has 0 amide bonds. The van der Waals surface area contributed by atoms with Crippen molar-refractivity contribution in [2.75, 3.05) is 6.61 Å². The Morgan fingerprint density at radius 1 is 0.865 bits per heavy atom. The predicted molar refractivity (Wildman–Crippen MR) is 142 cm³/mol. The lowest BCUT2D eigenvalue weighted by Gasteiger charge is -2.06. The smallest absolute Gasteiger partial charge is 0.449 e. The van der Waals surface area contributed by atoms with Crippen molar-refractivity contribution in [1.29, 1.82) is 0 Å². The SMILES string of the molecule is Cc1cc2ccc(OCCCC/C=C\C/C=C\C/C=C\C/C=C\CCCC(=O)C(F)(F)F)cc2oc1=O. The maximum atomic E-state index is 12.1. The van der Waals surface area contributed by atoms with E-state index in [4.69, 9.17) is 9.15 Å². The maximum Gasteiger partial charge on any atom is 0.449 e. The van der Waals surface area contributed by atoms with Crippen LogP contribution in [0.25, 0.3) is 11.0 Å². The zero-order chi connectivity index (χ0) is 26.9. The molecule has 0 unspecified atom stereocenters. The van der Waals surface area contributed by atoms with Crippen molar-refractivity contribution in [2.45, 2.75) is 70.9 Å². The van der Waals surface area contributed by atoms with E-state index in [1.165, 1.54) is 0 Å². The van der Waals surface area contributed by atoms with Crippen LogP contribution < -0.4 is 10.4 Å². The quantitative estimate of drug-likeness (QED) is 0.128. The Morgan fingerprint density at radius 2 is 1.46 bits per heavy atom. The number of benzene rings is 1. The Kier molecular flexibility index (Phi) is 13.2. The third kappa shape index (κ3) is 12.4. The van der Waals surface area contributed by atoms with Gasteiger partial charge in [-0.1, -0.05) is 48.6 Å². The topological polar surface area (TPSA) is 56.5 Å². The number of fused-ring (bicyclic) bond motifs is 1. The van der Waals surface area contributed by atoms with Crippen molar-refractivity contribution in [3.63, 3.8) is 0 Å². The van der Waals surface area contributed by atoms with E-state index in [-0.39, 0.29) is 12.0 Å². The Morgan fingerprint density at radius 3 is 2.08 bits per heavy atom. The van der Waals surface area contributed by atoms with Gasteiger partial charge < -0.3 is 9.15 Å². The molecular formula is C30H35F3O4. The summed E-state index contributed by atoms with van der Waals surface area (Å²) in [6.07, 6.45) is 17.2. The number of carbonyl (C=O) groups excluding carboxylic acids is 1. The molecule has 0 fully saturated rings. The van der Waals surface area contributed by atoms with Crippen LogP contribution in [-0.2, 0) is 4.79 Å². The molecule has 0 aliphatic heterocycles. The second kappa shape index (κ2) is 16.4. The molecule has 200 valence electrons. The molecule has 37 heavy (non-hydrogen) atoms. The fourth-order valence-corrected chi connectivity index (χ4v) is 3.41. The molecule has 0 atom stereocenters. The van der Waals surface area contributed by atoms with Gasteiger partial charge in [0.05, 0.1) is 6.61 Å². The molecule has 0 saturated heterocycles. The number of rotatable bonds is 16. The lowest BCUT2D eigenvalue weighted by molar-refractivity contribution is -0.171. The van der Waals surface area contributed by atoms with Gasteiger partial charge >= 0.3 is 11.8 Å². The van der Waals surface area contributed by atoms with Crippen LogP contribution in [0.15, 0.2) is 82.1 Å². The summed E-state index contributed by atoms with van der Waals surface area (Å²) in [7, 11) is 0. The van der Waals surface area contributed by atoms with E-state index in [0.29, 0.717) is 29.9 Å². The van der Waals surface area contributed by atoms with Gasteiger partial charge in [-0.25, -0.2) is 4.79 Å². The first-order valence-corrected chi connectivity index (χ1v) is 12.6. The van der Waals surface area contributed by atoms with Crippen molar-refractivity contribution >= 4 is 16.8 Å². The zero-order valence-electron chi connectivity index (χ0n) is 21.3. The molecule has 2 aromatic rings. The number of carbonyl (C=O) groups is 1. The Labute approximate surface area is 216 Å². The van der Waals surface area contributed by atoms with E-state index in [0.717, 1.165) is 43.9 Å². The van der Waals surface area contributed by atoms with Crippen LogP contribution in [0.1, 0.15) is 63.4 Å². The molecule has 0 radical (unpaired) electrons. The van der Waals surface area contributed by atoms with Gasteiger partial charge in [0.1, 0.15) is 11.3 Å². The number of allylic oxidation sites excluding steroid dienone is 8. The van der Waals surface area contributed by atoms with Gasteiger partial charge in [-0.3, -0.25) is 4.79 Å². The average molecular weight is 517 g/mol. The summed E-state index contributed by atoms with van der Waals surface area (Å²) in [4.78, 5) is 22.4. The maximum absolute atomic E-state index is 12.1. The summed E-state index contributed by atoms with van der Waals surface area (Å²) in [5.41, 5.74) is 0.796. The van der Waals surface area contributed by atoms with E-state index in [1.54, 1.807) is 13.0 Å². The highest BCUT2D eigenvalue weighted by Gasteiger charge is 2.36. The first-order chi connectivity index (χ1) is 17.8. The van der Waals surface area contributed by atoms with E-state index < -0.39 is 18.4 Å². The van der Waals surface area contributed by atoms with Crippen molar-refractivity contribution < 1.29 is 27.1 Å². The van der Waals surface area contributed by atoms with E-state index in [2.05, 4.69) is 24.3 Å². The first-order valence-electron chi connectivity index (χ1n) is 12.6. The summed E-state index contributed by atoms with van der Waals surface area (Å²) < 4.78 is 47.3. The minimum absolute atomic E-state index is 0.218. The van der Waals surface area contributed by atoms with Crippen LogP contribution >= 0.6 is 0 Å². The number of halogens is 3. The third-order valence-corrected chi connectivity index (χ3v) is 5.49. The van der Waals surface area contributed by atoms with Gasteiger partial charge in [0.25, 0.3) is 0 Å². The van der Waals surface area contributed by atoms with E-state index in [1.807, 2.05) is 42.5 Å². The predicted octanol–water partition coefficient (Wildman–Crippen LogP) is 8.35. The molecule has 1 heterocycles. The molecule has 0 aliphatic carbocycles. The Bertz CT molecular complexity index is 1150. The fraction of sp³-hybridized carbons (Fsp3) is 0.400. The van der Waals surface area contributed by atoms with E-state index >= 15 is 0 Å². The minimum Gasteiger partial charge on any atom is -0.493 e. The summed E-state index contributed by atoms with van der Waals surface area (Å²) >= 11 is 0. The first kappa shape index (κ1) is 29.9. The van der Waals surface area contributed by atoms with Crippen LogP contribution in [0, 0.1) is 6.92 Å². The van der Waals surface area contributed by atoms with Gasteiger partial charge in [-0.05, 0) is 76.5 Å². The van der Waals surface area contributed by atoms with Gasteiger partial charge in [-0.15, -0.1) is 0 Å². The van der Waals surface area contributed by atoms with Crippen molar-refractivity contribution in [1.82, 2.24) is 0 Å². The monoisotopic (exact) mass is 516 g/mol. The highest BCUT2D eigenvalue weighted by molar-refractivity contribution is 5.83. The van der Waals surface area contributed by atoms with Crippen molar-refractivity contribution in [3.8, 4) is 5.75 Å². The molecule has 0 spiro atoms. The molecule has 1 aromatic carbocycles. The highest BCUT2D eigenvalue weighted by atomic mass is 19.4. The lowest BCUT2D eigenvalue weighted by Crippen LogP contribution is -2.22. The molecule has 0 saturated carbocycles. The number of hydrogen-bond acceptors (Lipinski definition) is 4. The molecule has 1 aromatic heterocycles. The number of aryl methyl sites for hydroxylation is 1. The fourth-order valence-electron chi connectivity index (χ4n) is 3.41. The standard InChI is InChI=1S/C30H35F3O4/c1-24-22-25-19-20-26(23-27(25)37-29(24)35)36-21-17-15-13-11-9-7-5-3-2-4-6-8-10-12-14-16-18-28(34)30(31,32)33/h3-6,9-12,19-20,22-23H,2,7-8,13-18,21H2,1H3/b5-3-,6-4-,11-9-,12-10-. The largest absolute Gasteiger partial charge is 0.493 e. The number of ether oxygens (including phenoxy) is 1. The molecule has 2 rings (SSSR count). The number of hydrogen-bond donors (Lipinski definition) is 0. The third-order valence-electron chi connectivity index (χ3n) is 5.49. The van der Waals surface area contributed by atoms with Crippen molar-refractivity contribution in [3.05, 3.63) is 88.9 Å². The minimum atomic E-state index is -4.71. The van der Waals surface area contributed by atoms with Crippen LogP contribution in [0.3, 0.4) is 0 Å². The number of unbranched alkanes of at least 4 members (excludes halogenated alkanes) is 3. The molecule has 0 aliphatic rings. The number of alkyl halides is 3. The molecule has 0 N–H and O–H groups in total. The van der Waals surface area contributed by atoms with Crippen LogP contribution in [0.4, 0.5) is 13.2 Å². The molecular weight excluding hydrogens is 481 g/mol. The van der Waals surface area contributed by atoms with E-state index in [9.17, 15) is 22.8 Å². The Hall–Kier alpha value is -3.35. The second-order valence-electron chi connectivity index (χ2n) is 8.67. The summed E-state index contributed by atoms with van der Waals surface area (Å²) in [6, 6.07) is 7.35. The summed E-state index contributed by atoms with van der Waals surface area (Å²) in [5, 5.41) is 0.881. The highest BCUT2D eigenvalue weighted by Crippen LogP contribution is 2.21. The summed E-state index contributed by atoms with van der Waals surface area (Å²) in [5.74, 6) is -0.957. The van der Waals surface area contributed by atoms with Gasteiger partial charge in [-0.2, -0.15) is 13.2 Å². The number of Topliss-reactive ketones (excluding diaryl/α,β-unsaturated/α-hetero) is 1. The zero-order valence-corrected chi connectivity index (χ0v) is 21.3. The van der Waals surface area contributed by atoms with Gasteiger partial charge in [0, 0.05) is 23.4 Å². The van der Waals surface area contributed by atoms with Crippen LogP contribution in [0.5, 0.6) is 5.75 Å². The average Bonchev–Trinajstić information content (AvgIpc) is 2.85. The van der Waals surface area contributed by atoms with Crippen molar-refractivity contribution in [2.24, 2.45) is 0 Å². The molecule has 7 heteroatoms. The number of ketones is 1. The van der Waals surface area contributed by atoms with Gasteiger partial charge in [0.2, 0.25) is 5.78 Å². The Balaban J connectivity index is 1.46. The van der Waals surface area contributed by atoms with Crippen LogP contribution in [-0.4, -0.2) is 18.6 Å². The molecule has 0 bridgehead atoms. The molecule has 4 nitrogen and oxygen atoms in total. The lowest BCUT2D eigenvalue weighted by atomic mass is 10.1. The second-order valence-corrected chi connectivity index (χ2v) is 8.67. The normalized spacial score (nSPS) is 12.6.